The Balaban J connectivity index is 2.65. The fourth-order valence-corrected chi connectivity index (χ4v) is 3.40. The number of nitrogens with zero attached hydrogens (tertiary/aromatic N) is 2. The van der Waals surface area contributed by atoms with Gasteiger partial charge in [-0.2, -0.15) is 5.26 Å². The van der Waals surface area contributed by atoms with E-state index in [0.717, 1.165) is 22.0 Å². The predicted octanol–water partition coefficient (Wildman–Crippen LogP) is 5.32. The molecule has 2 atom stereocenters. The Kier molecular flexibility index (Phi) is 6.15. The van der Waals surface area contributed by atoms with Crippen molar-refractivity contribution in [2.45, 2.75) is 65.1 Å². The zero-order chi connectivity index (χ0) is 19.6. The summed E-state index contributed by atoms with van der Waals surface area (Å²) < 4.78 is 7.89. The monoisotopic (exact) mass is 420 g/mol. The molecule has 0 aliphatic rings. The molecule has 0 amide bonds. The summed E-state index contributed by atoms with van der Waals surface area (Å²) in [7, 11) is 0. The molecule has 2 rings (SSSR count). The highest BCUT2D eigenvalue weighted by atomic mass is 79.9. The van der Waals surface area contributed by atoms with E-state index in [0.29, 0.717) is 17.5 Å². The quantitative estimate of drug-likeness (QED) is 0.725. The summed E-state index contributed by atoms with van der Waals surface area (Å²) >= 11 is 3.42. The van der Waals surface area contributed by atoms with Gasteiger partial charge >= 0.3 is 6.09 Å². The number of benzene rings is 1. The number of nitriles is 1. The lowest BCUT2D eigenvalue weighted by atomic mass is 9.99. The standard InChI is InChI=1S/C20H25BrN2O3/c1-12(6-7-13(2)24)17-10-14-8-16(21)9-15(11-22)18(14)23(17)19(25)26-20(3,4)5/h8-10,12-13,24H,6-7H2,1-5H3. The highest BCUT2D eigenvalue weighted by Crippen LogP contribution is 2.33. The zero-order valence-corrected chi connectivity index (χ0v) is 17.4. The molecule has 0 saturated carbocycles. The number of aliphatic hydroxyl groups is 1. The maximum absolute atomic E-state index is 12.9. The van der Waals surface area contributed by atoms with Crippen LogP contribution in [0.5, 0.6) is 0 Å². The maximum Gasteiger partial charge on any atom is 0.419 e. The molecule has 140 valence electrons. The Morgan fingerprint density at radius 3 is 2.50 bits per heavy atom. The average molecular weight is 421 g/mol. The third-order valence-electron chi connectivity index (χ3n) is 4.11. The van der Waals surface area contributed by atoms with E-state index in [2.05, 4.69) is 22.0 Å². The van der Waals surface area contributed by atoms with E-state index in [9.17, 15) is 15.2 Å². The number of aliphatic hydroxyl groups excluding tert-OH is 1. The lowest BCUT2D eigenvalue weighted by Crippen LogP contribution is -2.28. The highest BCUT2D eigenvalue weighted by molar-refractivity contribution is 9.10. The van der Waals surface area contributed by atoms with E-state index in [-0.39, 0.29) is 5.92 Å². The largest absolute Gasteiger partial charge is 0.443 e. The van der Waals surface area contributed by atoms with Crippen molar-refractivity contribution in [1.29, 1.82) is 5.26 Å². The van der Waals surface area contributed by atoms with Crippen LogP contribution in [-0.4, -0.2) is 27.5 Å². The fraction of sp³-hybridized carbons (Fsp3) is 0.500. The molecule has 0 fully saturated rings. The summed E-state index contributed by atoms with van der Waals surface area (Å²) in [6, 6.07) is 7.69. The van der Waals surface area contributed by atoms with Gasteiger partial charge in [-0.1, -0.05) is 22.9 Å². The van der Waals surface area contributed by atoms with Crippen LogP contribution >= 0.6 is 15.9 Å². The van der Waals surface area contributed by atoms with Crippen molar-refractivity contribution in [1.82, 2.24) is 4.57 Å². The number of halogens is 1. The van der Waals surface area contributed by atoms with Gasteiger partial charge in [-0.3, -0.25) is 0 Å². The molecule has 0 bridgehead atoms. The second kappa shape index (κ2) is 7.81. The minimum Gasteiger partial charge on any atom is -0.443 e. The molecule has 26 heavy (non-hydrogen) atoms. The van der Waals surface area contributed by atoms with Gasteiger partial charge in [0.2, 0.25) is 0 Å². The van der Waals surface area contributed by atoms with Gasteiger partial charge in [0.05, 0.1) is 17.2 Å². The van der Waals surface area contributed by atoms with Crippen molar-refractivity contribution in [3.05, 3.63) is 33.9 Å². The van der Waals surface area contributed by atoms with E-state index in [1.807, 2.05) is 39.8 Å². The minimum absolute atomic E-state index is 0.0230. The van der Waals surface area contributed by atoms with Crippen LogP contribution < -0.4 is 0 Å². The summed E-state index contributed by atoms with van der Waals surface area (Å²) in [6.07, 6.45) is 0.455. The first-order chi connectivity index (χ1) is 12.0. The lowest BCUT2D eigenvalue weighted by molar-refractivity contribution is 0.0538. The third kappa shape index (κ3) is 4.66. The van der Waals surface area contributed by atoms with Crippen molar-refractivity contribution >= 4 is 32.9 Å². The lowest BCUT2D eigenvalue weighted by Gasteiger charge is -2.22. The van der Waals surface area contributed by atoms with Crippen LogP contribution in [0.4, 0.5) is 4.79 Å². The van der Waals surface area contributed by atoms with Crippen LogP contribution in [0, 0.1) is 11.3 Å². The number of carbonyl (C=O) groups is 1. The Morgan fingerprint density at radius 1 is 1.31 bits per heavy atom. The summed E-state index contributed by atoms with van der Waals surface area (Å²) in [5, 5.41) is 19.9. The molecule has 2 unspecified atom stereocenters. The van der Waals surface area contributed by atoms with Gasteiger partial charge in [0.25, 0.3) is 0 Å². The summed E-state index contributed by atoms with van der Waals surface area (Å²) in [5.41, 5.74) is 1.11. The summed E-state index contributed by atoms with van der Waals surface area (Å²) in [5.74, 6) is 0.0230. The van der Waals surface area contributed by atoms with E-state index in [4.69, 9.17) is 4.74 Å². The fourth-order valence-electron chi connectivity index (χ4n) is 2.92. The average Bonchev–Trinajstić information content (AvgIpc) is 2.89. The Bertz CT molecular complexity index is 857. The van der Waals surface area contributed by atoms with Crippen LogP contribution in [0.1, 0.15) is 64.6 Å². The Labute approximate surface area is 162 Å². The number of carbonyl (C=O) groups excluding carboxylic acids is 1. The number of aromatic nitrogens is 1. The third-order valence-corrected chi connectivity index (χ3v) is 4.57. The number of hydrogen-bond acceptors (Lipinski definition) is 4. The van der Waals surface area contributed by atoms with Gasteiger partial charge in [0, 0.05) is 15.6 Å². The normalized spacial score (nSPS) is 14.1. The van der Waals surface area contributed by atoms with E-state index in [1.54, 1.807) is 13.0 Å². The molecule has 6 heteroatoms. The highest BCUT2D eigenvalue weighted by Gasteiger charge is 2.26. The van der Waals surface area contributed by atoms with Crippen molar-refractivity contribution in [3.63, 3.8) is 0 Å². The van der Waals surface area contributed by atoms with Gasteiger partial charge in [0.1, 0.15) is 11.7 Å². The van der Waals surface area contributed by atoms with Gasteiger partial charge in [-0.15, -0.1) is 0 Å². The van der Waals surface area contributed by atoms with Crippen molar-refractivity contribution < 1.29 is 14.6 Å². The topological polar surface area (TPSA) is 75.2 Å². The Morgan fingerprint density at radius 2 is 1.96 bits per heavy atom. The first kappa shape index (κ1) is 20.5. The number of hydrogen-bond donors (Lipinski definition) is 1. The van der Waals surface area contributed by atoms with Crippen LogP contribution in [0.2, 0.25) is 0 Å². The van der Waals surface area contributed by atoms with E-state index in [1.165, 1.54) is 4.57 Å². The molecule has 1 heterocycles. The van der Waals surface area contributed by atoms with Crippen molar-refractivity contribution in [2.75, 3.05) is 0 Å². The van der Waals surface area contributed by atoms with Crippen LogP contribution in [-0.2, 0) is 4.74 Å². The molecular weight excluding hydrogens is 396 g/mol. The predicted molar refractivity (Wildman–Crippen MR) is 105 cm³/mol. The second-order valence-corrected chi connectivity index (χ2v) is 8.63. The molecule has 1 aromatic carbocycles. The maximum atomic E-state index is 12.9. The van der Waals surface area contributed by atoms with Gasteiger partial charge < -0.3 is 9.84 Å². The van der Waals surface area contributed by atoms with Crippen LogP contribution in [0.15, 0.2) is 22.7 Å². The second-order valence-electron chi connectivity index (χ2n) is 7.72. The minimum atomic E-state index is -0.643. The number of ether oxygens (including phenoxy) is 1. The molecule has 0 saturated heterocycles. The molecule has 5 nitrogen and oxygen atoms in total. The van der Waals surface area contributed by atoms with Crippen molar-refractivity contribution in [2.24, 2.45) is 0 Å². The van der Waals surface area contributed by atoms with Gasteiger partial charge in [-0.25, -0.2) is 9.36 Å². The molecule has 1 N–H and O–H groups in total. The van der Waals surface area contributed by atoms with Gasteiger partial charge in [0.15, 0.2) is 0 Å². The van der Waals surface area contributed by atoms with Crippen molar-refractivity contribution in [3.8, 4) is 6.07 Å². The zero-order valence-electron chi connectivity index (χ0n) is 15.8. The summed E-state index contributed by atoms with van der Waals surface area (Å²) in [4.78, 5) is 12.9. The SMILES string of the molecule is CC(O)CCC(C)c1cc2cc(Br)cc(C#N)c2n1C(=O)OC(C)(C)C. The smallest absolute Gasteiger partial charge is 0.419 e. The first-order valence-corrected chi connectivity index (χ1v) is 9.49. The first-order valence-electron chi connectivity index (χ1n) is 8.70. The molecule has 0 aliphatic heterocycles. The van der Waals surface area contributed by atoms with Crippen LogP contribution in [0.3, 0.4) is 0 Å². The number of rotatable bonds is 4. The molecule has 0 aliphatic carbocycles. The number of fused-ring (bicyclic) bond motifs is 1. The van der Waals surface area contributed by atoms with Gasteiger partial charge in [-0.05, 0) is 64.7 Å². The molecular formula is C20H25BrN2O3. The molecule has 0 spiro atoms. The molecule has 0 radical (unpaired) electrons. The van der Waals surface area contributed by atoms with E-state index >= 15 is 0 Å². The summed E-state index contributed by atoms with van der Waals surface area (Å²) in [6.45, 7) is 9.21. The molecule has 2 aromatic rings. The van der Waals surface area contributed by atoms with E-state index < -0.39 is 17.8 Å². The molecule has 1 aromatic heterocycles. The van der Waals surface area contributed by atoms with Crippen LogP contribution in [0.25, 0.3) is 10.9 Å². The Hall–Kier alpha value is -1.84.